The summed E-state index contributed by atoms with van der Waals surface area (Å²) in [4.78, 5) is 10.5. The van der Waals surface area contributed by atoms with Crippen LogP contribution in [0.2, 0.25) is 0 Å². The molecule has 0 aromatic rings. The fourth-order valence-corrected chi connectivity index (χ4v) is 2.71. The minimum absolute atomic E-state index is 0.101. The van der Waals surface area contributed by atoms with Crippen molar-refractivity contribution in [2.75, 3.05) is 0 Å². The molecule has 0 aliphatic heterocycles. The molecule has 0 atom stereocenters. The van der Waals surface area contributed by atoms with Crippen molar-refractivity contribution in [2.24, 2.45) is 5.41 Å². The Morgan fingerprint density at radius 3 is 2.33 bits per heavy atom. The average molecular weight is 336 g/mol. The zero-order chi connectivity index (χ0) is 18.5. The van der Waals surface area contributed by atoms with Crippen LogP contribution in [-0.2, 0) is 4.79 Å². The number of hydrogen-bond donors (Lipinski definition) is 1. The summed E-state index contributed by atoms with van der Waals surface area (Å²) in [5.74, 6) is -3.72. The predicted octanol–water partition coefficient (Wildman–Crippen LogP) is 5.85. The molecular formula is C20H26F2O2. The molecular weight excluding hydrogens is 310 g/mol. The molecule has 2 nitrogen and oxygen atoms in total. The van der Waals surface area contributed by atoms with Gasteiger partial charge in [-0.2, -0.15) is 0 Å². The first-order chi connectivity index (χ1) is 11.0. The molecule has 0 aromatic carbocycles. The molecule has 4 heteroatoms. The fraction of sp³-hybridized carbons (Fsp3) is 0.450. The van der Waals surface area contributed by atoms with E-state index in [1.807, 2.05) is 32.9 Å². The molecule has 0 bridgehead atoms. The smallest absolute Gasteiger partial charge is 0.328 e. The molecule has 0 saturated heterocycles. The maximum Gasteiger partial charge on any atom is 0.328 e. The van der Waals surface area contributed by atoms with Crippen LogP contribution in [0.1, 0.15) is 47.5 Å². The van der Waals surface area contributed by atoms with Gasteiger partial charge in [0.15, 0.2) is 0 Å². The summed E-state index contributed by atoms with van der Waals surface area (Å²) in [7, 11) is 0. The van der Waals surface area contributed by atoms with Crippen molar-refractivity contribution < 1.29 is 18.7 Å². The number of carboxylic acid groups (broad SMARTS) is 1. The lowest BCUT2D eigenvalue weighted by Gasteiger charge is -2.37. The lowest BCUT2D eigenvalue weighted by molar-refractivity contribution is -0.131. The zero-order valence-electron chi connectivity index (χ0n) is 15.0. The number of halogens is 2. The lowest BCUT2D eigenvalue weighted by atomic mass is 9.71. The quantitative estimate of drug-likeness (QED) is 0.505. The van der Waals surface area contributed by atoms with Gasteiger partial charge in [-0.25, -0.2) is 13.6 Å². The van der Waals surface area contributed by atoms with E-state index in [-0.39, 0.29) is 17.4 Å². The van der Waals surface area contributed by atoms with Crippen molar-refractivity contribution in [1.29, 1.82) is 0 Å². The topological polar surface area (TPSA) is 37.3 Å². The summed E-state index contributed by atoms with van der Waals surface area (Å²) >= 11 is 0. The van der Waals surface area contributed by atoms with Crippen molar-refractivity contribution in [2.45, 2.75) is 53.4 Å². The normalized spacial score (nSPS) is 21.8. The number of hydrogen-bond acceptors (Lipinski definition) is 1. The van der Waals surface area contributed by atoms with Gasteiger partial charge in [0.05, 0.1) is 0 Å². The van der Waals surface area contributed by atoms with E-state index in [1.54, 1.807) is 25.2 Å². The standard InChI is InChI=1S/C20H26F2O2/c1-14(7-6-8-15(2)13-18(23)24)9-10-17-16(3)20(21,22)12-11-19(17,4)5/h6-10,13H,11-12H2,1-5H3,(H,23,24). The van der Waals surface area contributed by atoms with Crippen LogP contribution in [0, 0.1) is 5.41 Å². The molecule has 1 aliphatic rings. The van der Waals surface area contributed by atoms with E-state index >= 15 is 0 Å². The number of aliphatic carboxylic acids is 1. The maximum atomic E-state index is 13.9. The molecule has 0 saturated carbocycles. The van der Waals surface area contributed by atoms with Gasteiger partial charge < -0.3 is 5.11 Å². The van der Waals surface area contributed by atoms with Crippen molar-refractivity contribution in [3.63, 3.8) is 0 Å². The van der Waals surface area contributed by atoms with Crippen LogP contribution in [0.4, 0.5) is 8.78 Å². The van der Waals surface area contributed by atoms with E-state index in [4.69, 9.17) is 5.11 Å². The van der Waals surface area contributed by atoms with Crippen molar-refractivity contribution in [3.05, 3.63) is 58.7 Å². The highest BCUT2D eigenvalue weighted by atomic mass is 19.3. The molecule has 0 amide bonds. The third-order valence-electron chi connectivity index (χ3n) is 4.33. The highest BCUT2D eigenvalue weighted by molar-refractivity contribution is 5.81. The van der Waals surface area contributed by atoms with Crippen LogP contribution in [0.15, 0.2) is 58.7 Å². The van der Waals surface area contributed by atoms with Gasteiger partial charge in [0.1, 0.15) is 0 Å². The lowest BCUT2D eigenvalue weighted by Crippen LogP contribution is -2.31. The SMILES string of the molecule is CC(C=CC1=C(C)C(F)(F)CCC1(C)C)=CC=CC(C)=CC(=O)O. The largest absolute Gasteiger partial charge is 0.478 e. The molecule has 0 radical (unpaired) electrons. The van der Waals surface area contributed by atoms with E-state index in [2.05, 4.69) is 0 Å². The van der Waals surface area contributed by atoms with Gasteiger partial charge in [-0.3, -0.25) is 0 Å². The summed E-state index contributed by atoms with van der Waals surface area (Å²) in [6.45, 7) is 9.07. The van der Waals surface area contributed by atoms with Crippen molar-refractivity contribution in [3.8, 4) is 0 Å². The second-order valence-corrected chi connectivity index (χ2v) is 6.96. The molecule has 1 aliphatic carbocycles. The molecule has 0 fully saturated rings. The van der Waals surface area contributed by atoms with Gasteiger partial charge >= 0.3 is 5.97 Å². The van der Waals surface area contributed by atoms with E-state index in [1.165, 1.54) is 6.92 Å². The van der Waals surface area contributed by atoms with E-state index in [0.29, 0.717) is 17.6 Å². The molecule has 1 N–H and O–H groups in total. The Kier molecular flexibility index (Phi) is 6.47. The maximum absolute atomic E-state index is 13.9. The van der Waals surface area contributed by atoms with Crippen LogP contribution in [-0.4, -0.2) is 17.0 Å². The Hall–Kier alpha value is -1.97. The van der Waals surface area contributed by atoms with Crippen molar-refractivity contribution in [1.82, 2.24) is 0 Å². The zero-order valence-corrected chi connectivity index (χ0v) is 15.0. The summed E-state index contributed by atoms with van der Waals surface area (Å²) in [6.07, 6.45) is 10.3. The molecule has 132 valence electrons. The molecule has 0 aromatic heterocycles. The highest BCUT2D eigenvalue weighted by Gasteiger charge is 2.42. The Morgan fingerprint density at radius 1 is 1.12 bits per heavy atom. The average Bonchev–Trinajstić information content (AvgIpc) is 2.43. The van der Waals surface area contributed by atoms with Crippen LogP contribution >= 0.6 is 0 Å². The molecule has 1 rings (SSSR count). The van der Waals surface area contributed by atoms with Crippen LogP contribution in [0.3, 0.4) is 0 Å². The Labute approximate surface area is 143 Å². The molecule has 0 unspecified atom stereocenters. The summed E-state index contributed by atoms with van der Waals surface area (Å²) in [5.41, 5.74) is 2.11. The van der Waals surface area contributed by atoms with E-state index < -0.39 is 11.9 Å². The van der Waals surface area contributed by atoms with Gasteiger partial charge in [0.2, 0.25) is 0 Å². The van der Waals surface area contributed by atoms with Gasteiger partial charge in [0.25, 0.3) is 5.92 Å². The predicted molar refractivity (Wildman–Crippen MR) is 94.1 cm³/mol. The van der Waals surface area contributed by atoms with Gasteiger partial charge in [0, 0.05) is 12.5 Å². The van der Waals surface area contributed by atoms with Gasteiger partial charge in [-0.1, -0.05) is 49.8 Å². The highest BCUT2D eigenvalue weighted by Crippen LogP contribution is 2.47. The molecule has 24 heavy (non-hydrogen) atoms. The minimum atomic E-state index is -2.73. The fourth-order valence-electron chi connectivity index (χ4n) is 2.71. The Bertz CT molecular complexity index is 645. The van der Waals surface area contributed by atoms with Gasteiger partial charge in [-0.15, -0.1) is 0 Å². The Morgan fingerprint density at radius 2 is 1.75 bits per heavy atom. The summed E-state index contributed by atoms with van der Waals surface area (Å²) in [5, 5.41) is 8.63. The third kappa shape index (κ3) is 5.59. The second-order valence-electron chi connectivity index (χ2n) is 6.96. The summed E-state index contributed by atoms with van der Waals surface area (Å²) < 4.78 is 27.9. The minimum Gasteiger partial charge on any atom is -0.478 e. The first-order valence-electron chi connectivity index (χ1n) is 7.99. The number of allylic oxidation sites excluding steroid dienone is 9. The number of alkyl halides is 2. The van der Waals surface area contributed by atoms with E-state index in [9.17, 15) is 13.6 Å². The number of carboxylic acids is 1. The van der Waals surface area contributed by atoms with Gasteiger partial charge in [-0.05, 0) is 49.3 Å². The number of carbonyl (C=O) groups is 1. The first kappa shape index (κ1) is 20.1. The second kappa shape index (κ2) is 7.73. The first-order valence-corrected chi connectivity index (χ1v) is 7.99. The van der Waals surface area contributed by atoms with Crippen LogP contribution < -0.4 is 0 Å². The third-order valence-corrected chi connectivity index (χ3v) is 4.33. The number of rotatable bonds is 5. The molecule has 0 spiro atoms. The van der Waals surface area contributed by atoms with Crippen LogP contribution in [0.25, 0.3) is 0 Å². The van der Waals surface area contributed by atoms with E-state index in [0.717, 1.165) is 11.6 Å². The summed E-state index contributed by atoms with van der Waals surface area (Å²) in [6, 6.07) is 0. The van der Waals surface area contributed by atoms with Crippen molar-refractivity contribution >= 4 is 5.97 Å². The Balaban J connectivity index is 2.96. The van der Waals surface area contributed by atoms with Crippen LogP contribution in [0.5, 0.6) is 0 Å². The monoisotopic (exact) mass is 336 g/mol. The molecule has 0 heterocycles.